The van der Waals surface area contributed by atoms with E-state index in [2.05, 4.69) is 25.9 Å². The fourth-order valence-corrected chi connectivity index (χ4v) is 7.05. The van der Waals surface area contributed by atoms with E-state index in [4.69, 9.17) is 4.98 Å². The van der Waals surface area contributed by atoms with Gasteiger partial charge in [-0.2, -0.15) is 5.26 Å². The number of pyridine rings is 1. The average Bonchev–Trinajstić information content (AvgIpc) is 3.83. The second kappa shape index (κ2) is 9.22. The van der Waals surface area contributed by atoms with Crippen molar-refractivity contribution in [2.24, 2.45) is 0 Å². The van der Waals surface area contributed by atoms with Crippen LogP contribution in [0.5, 0.6) is 0 Å². The molecule has 2 aliphatic carbocycles. The number of likely N-dealkylation sites (tertiary alicyclic amines) is 1. The zero-order chi connectivity index (χ0) is 27.7. The number of anilines is 1. The molecule has 0 unspecified atom stereocenters. The number of hydrogen-bond acceptors (Lipinski definition) is 9. The van der Waals surface area contributed by atoms with Crippen molar-refractivity contribution >= 4 is 40.7 Å². The first kappa shape index (κ1) is 25.8. The second-order valence-electron chi connectivity index (χ2n) is 11.1. The van der Waals surface area contributed by atoms with Crippen LogP contribution in [-0.2, 0) is 5.41 Å². The summed E-state index contributed by atoms with van der Waals surface area (Å²) in [5, 5.41) is 19.7. The number of halogens is 3. The molecule has 2 aliphatic heterocycles. The number of nitrogens with zero attached hydrogens (tertiary/aromatic N) is 8. The van der Waals surface area contributed by atoms with Gasteiger partial charge in [0, 0.05) is 37.3 Å². The minimum absolute atomic E-state index is 0.355. The Balaban J connectivity index is 1.17. The Bertz CT molecular complexity index is 1510. The lowest BCUT2D eigenvalue weighted by atomic mass is 10.1. The summed E-state index contributed by atoms with van der Waals surface area (Å²) in [5.74, 6) is -2.80. The van der Waals surface area contributed by atoms with Gasteiger partial charge < -0.3 is 14.7 Å². The molecule has 2 saturated carbocycles. The lowest BCUT2D eigenvalue weighted by molar-refractivity contribution is -0.114. The van der Waals surface area contributed by atoms with E-state index in [0.29, 0.717) is 41.8 Å². The van der Waals surface area contributed by atoms with Crippen LogP contribution in [0.1, 0.15) is 30.7 Å². The number of nitrogens with one attached hydrogen (secondary N) is 1. The molecule has 4 aliphatic rings. The fraction of sp³-hybridized carbons (Fsp3) is 0.560. The van der Waals surface area contributed by atoms with E-state index in [-0.39, 0.29) is 6.03 Å². The number of fused-ring (bicyclic) bond motifs is 1. The number of nitriles is 1. The summed E-state index contributed by atoms with van der Waals surface area (Å²) >= 11 is 2.77. The molecule has 0 bridgehead atoms. The van der Waals surface area contributed by atoms with Crippen molar-refractivity contribution in [2.75, 3.05) is 50.8 Å². The van der Waals surface area contributed by atoms with Crippen molar-refractivity contribution in [1.29, 1.82) is 5.26 Å². The molecule has 2 amide bonds. The van der Waals surface area contributed by atoms with Crippen molar-refractivity contribution in [2.45, 2.75) is 47.5 Å². The van der Waals surface area contributed by atoms with E-state index in [1.54, 1.807) is 11.1 Å². The van der Waals surface area contributed by atoms with Crippen molar-refractivity contribution in [3.63, 3.8) is 0 Å². The van der Waals surface area contributed by atoms with Gasteiger partial charge in [0.25, 0.3) is 5.92 Å². The quantitative estimate of drug-likeness (QED) is 0.416. The lowest BCUT2D eigenvalue weighted by Crippen LogP contribution is -2.63. The van der Waals surface area contributed by atoms with Crippen molar-refractivity contribution in [3.8, 4) is 16.8 Å². The van der Waals surface area contributed by atoms with Crippen LogP contribution in [0.2, 0.25) is 0 Å². The number of piperazine rings is 1. The van der Waals surface area contributed by atoms with Gasteiger partial charge in [0.2, 0.25) is 0 Å². The third-order valence-electron chi connectivity index (χ3n) is 8.08. The highest BCUT2D eigenvalue weighted by molar-refractivity contribution is 7.97. The highest BCUT2D eigenvalue weighted by atomic mass is 32.2. The minimum Gasteiger partial charge on any atom is -0.365 e. The second-order valence-corrected chi connectivity index (χ2v) is 12.9. The van der Waals surface area contributed by atoms with Crippen LogP contribution < -0.4 is 9.62 Å². The number of urea groups is 1. The van der Waals surface area contributed by atoms with Crippen LogP contribution >= 0.6 is 23.3 Å². The predicted octanol–water partition coefficient (Wildman–Crippen LogP) is 3.70. The van der Waals surface area contributed by atoms with Crippen LogP contribution in [-0.4, -0.2) is 92.8 Å². The van der Waals surface area contributed by atoms with E-state index >= 15 is 0 Å². The number of rotatable bonds is 7. The van der Waals surface area contributed by atoms with Gasteiger partial charge in [-0.15, -0.1) is 10.2 Å². The summed E-state index contributed by atoms with van der Waals surface area (Å²) in [6, 6.07) is 4.02. The van der Waals surface area contributed by atoms with Crippen LogP contribution in [0.25, 0.3) is 16.3 Å². The van der Waals surface area contributed by atoms with Crippen molar-refractivity contribution in [3.05, 3.63) is 23.5 Å². The molecule has 3 aromatic heterocycles. The van der Waals surface area contributed by atoms with Crippen LogP contribution in [0, 0.1) is 11.3 Å². The maximum atomic E-state index is 13.5. The maximum Gasteiger partial charge on any atom is 0.320 e. The number of alkyl halides is 3. The SMILES string of the molecule is N#CC1(c2nnc(-c3cnc4c(N5CCN(C(=O)N6CC(F)(F)C6)CC5)cc(SNC5(CF)CC5)cn34)s2)CC1. The first-order valence-electron chi connectivity index (χ1n) is 13.2. The zero-order valence-corrected chi connectivity index (χ0v) is 23.1. The Labute approximate surface area is 236 Å². The van der Waals surface area contributed by atoms with E-state index in [0.717, 1.165) is 42.0 Å². The standard InChI is InChI=1S/C25H26F3N9OS2/c26-12-24(3-4-24)33-40-16-9-17(34-5-7-35(8-6-34)22(38)36-14-25(27,28)15-36)19-30-10-18(37(19)11-16)20-31-32-21(39-20)23(13-29)1-2-23/h9-11,33H,1-8,12,14-15H2. The van der Waals surface area contributed by atoms with Gasteiger partial charge >= 0.3 is 6.03 Å². The number of amides is 2. The van der Waals surface area contributed by atoms with Gasteiger partial charge in [-0.25, -0.2) is 22.9 Å². The maximum absolute atomic E-state index is 13.5. The topological polar surface area (TPSA) is 106 Å². The van der Waals surface area contributed by atoms with Gasteiger partial charge in [0.05, 0.1) is 36.6 Å². The summed E-state index contributed by atoms with van der Waals surface area (Å²) in [4.78, 5) is 23.2. The van der Waals surface area contributed by atoms with Crippen LogP contribution in [0.3, 0.4) is 0 Å². The Morgan fingerprint density at radius 1 is 1.12 bits per heavy atom. The molecular weight excluding hydrogens is 563 g/mol. The summed E-state index contributed by atoms with van der Waals surface area (Å²) in [5.41, 5.74) is 1.29. The molecular formula is C25H26F3N9OS2. The van der Waals surface area contributed by atoms with Gasteiger partial charge in [0.1, 0.15) is 22.8 Å². The molecule has 7 rings (SSSR count). The molecule has 3 aromatic rings. The van der Waals surface area contributed by atoms with Gasteiger partial charge in [0.15, 0.2) is 10.7 Å². The molecule has 0 atom stereocenters. The van der Waals surface area contributed by atoms with Crippen molar-refractivity contribution in [1.82, 2.24) is 34.1 Å². The highest BCUT2D eigenvalue weighted by Crippen LogP contribution is 2.49. The van der Waals surface area contributed by atoms with E-state index in [1.807, 2.05) is 16.7 Å². The minimum atomic E-state index is -2.80. The molecule has 210 valence electrons. The van der Waals surface area contributed by atoms with Gasteiger partial charge in [-0.3, -0.25) is 9.12 Å². The molecule has 4 fully saturated rings. The highest BCUT2D eigenvalue weighted by Gasteiger charge is 2.49. The number of carbonyl (C=O) groups excluding carboxylic acids is 1. The Kier molecular flexibility index (Phi) is 5.96. The molecule has 15 heteroatoms. The largest absolute Gasteiger partial charge is 0.365 e. The van der Waals surface area contributed by atoms with Gasteiger partial charge in [-0.05, 0) is 43.7 Å². The molecule has 5 heterocycles. The Morgan fingerprint density at radius 3 is 2.50 bits per heavy atom. The summed E-state index contributed by atoms with van der Waals surface area (Å²) in [6.07, 6.45) is 6.82. The first-order chi connectivity index (χ1) is 19.2. The summed E-state index contributed by atoms with van der Waals surface area (Å²) < 4.78 is 45.3. The fourth-order valence-electron chi connectivity index (χ4n) is 5.08. The molecule has 2 saturated heterocycles. The average molecular weight is 590 g/mol. The summed E-state index contributed by atoms with van der Waals surface area (Å²) in [6.45, 7) is 0.333. The van der Waals surface area contributed by atoms with E-state index in [9.17, 15) is 23.2 Å². The molecule has 0 aromatic carbocycles. The third-order valence-corrected chi connectivity index (χ3v) is 10.2. The number of hydrogen-bond donors (Lipinski definition) is 1. The Morgan fingerprint density at radius 2 is 1.88 bits per heavy atom. The normalized spacial score (nSPS) is 22.2. The zero-order valence-electron chi connectivity index (χ0n) is 21.4. The molecule has 40 heavy (non-hydrogen) atoms. The monoisotopic (exact) mass is 589 g/mol. The smallest absolute Gasteiger partial charge is 0.320 e. The van der Waals surface area contributed by atoms with Crippen molar-refractivity contribution < 1.29 is 18.0 Å². The molecule has 0 spiro atoms. The Hall–Kier alpha value is -3.09. The van der Waals surface area contributed by atoms with Crippen LogP contribution in [0.15, 0.2) is 23.4 Å². The van der Waals surface area contributed by atoms with Crippen LogP contribution in [0.4, 0.5) is 23.7 Å². The number of carbonyl (C=O) groups is 1. The van der Waals surface area contributed by atoms with Gasteiger partial charge in [-0.1, -0.05) is 11.3 Å². The number of aromatic nitrogens is 4. The molecule has 10 nitrogen and oxygen atoms in total. The first-order valence-corrected chi connectivity index (χ1v) is 14.8. The number of imidazole rings is 1. The predicted molar refractivity (Wildman–Crippen MR) is 143 cm³/mol. The molecule has 0 radical (unpaired) electrons. The van der Waals surface area contributed by atoms with E-state index in [1.165, 1.54) is 28.2 Å². The summed E-state index contributed by atoms with van der Waals surface area (Å²) in [7, 11) is 0. The molecule has 1 N–H and O–H groups in total. The van der Waals surface area contributed by atoms with E-state index < -0.39 is 36.6 Å². The lowest BCUT2D eigenvalue weighted by Gasteiger charge is -2.44. The third kappa shape index (κ3) is 4.46.